The smallest absolute Gasteiger partial charge is 0.272 e. The van der Waals surface area contributed by atoms with Crippen molar-refractivity contribution in [2.75, 3.05) is 7.11 Å². The van der Waals surface area contributed by atoms with Crippen LogP contribution in [-0.4, -0.2) is 24.2 Å². The lowest BCUT2D eigenvalue weighted by atomic mass is 10.1. The van der Waals surface area contributed by atoms with Crippen LogP contribution in [0.3, 0.4) is 0 Å². The highest BCUT2D eigenvalue weighted by Crippen LogP contribution is 2.19. The van der Waals surface area contributed by atoms with Gasteiger partial charge in [0.1, 0.15) is 5.75 Å². The van der Waals surface area contributed by atoms with Crippen molar-refractivity contribution in [3.63, 3.8) is 0 Å². The fourth-order valence-corrected chi connectivity index (χ4v) is 2.65. The van der Waals surface area contributed by atoms with Crippen molar-refractivity contribution in [3.05, 3.63) is 77.5 Å². The number of hydrogen-bond acceptors (Lipinski definition) is 4. The number of carbonyl (C=O) groups excluding carboxylic acids is 1. The number of allylic oxidation sites excluding steroid dienone is 1. The van der Waals surface area contributed by atoms with E-state index < -0.39 is 0 Å². The molecule has 0 saturated carbocycles. The summed E-state index contributed by atoms with van der Waals surface area (Å²) >= 11 is 0. The summed E-state index contributed by atoms with van der Waals surface area (Å²) < 4.78 is 5.28. The number of methoxy groups -OCH3 is 1. The first-order valence-corrected chi connectivity index (χ1v) is 8.18. The number of hydrogen-bond donors (Lipinski definition) is 1. The molecular formula is C21H19N3O2. The molecule has 0 unspecified atom stereocenters. The van der Waals surface area contributed by atoms with E-state index in [0.717, 1.165) is 27.9 Å². The number of benzene rings is 2. The molecule has 0 aliphatic rings. The minimum absolute atomic E-state index is 0.270. The summed E-state index contributed by atoms with van der Waals surface area (Å²) in [5, 5.41) is 4.78. The van der Waals surface area contributed by atoms with Crippen LogP contribution in [0.5, 0.6) is 5.75 Å². The van der Waals surface area contributed by atoms with E-state index >= 15 is 0 Å². The molecule has 1 N–H and O–H groups in total. The Morgan fingerprint density at radius 2 is 1.92 bits per heavy atom. The third-order valence-electron chi connectivity index (χ3n) is 3.83. The Morgan fingerprint density at radius 3 is 2.77 bits per heavy atom. The standard InChI is InChI=1S/C21H19N3O2/c1-15-14-18(17-10-4-5-11-19(17)23-15)21(25)24-22-13-7-9-16-8-3-6-12-20(16)26-2/h3-14H,1-2H3,(H,24,25)/b9-7+,22-13?. The molecule has 26 heavy (non-hydrogen) atoms. The fraction of sp³-hybridized carbons (Fsp3) is 0.0952. The van der Waals surface area contributed by atoms with Crippen LogP contribution in [-0.2, 0) is 0 Å². The van der Waals surface area contributed by atoms with E-state index in [0.29, 0.717) is 5.56 Å². The summed E-state index contributed by atoms with van der Waals surface area (Å²) in [7, 11) is 1.63. The highest BCUT2D eigenvalue weighted by atomic mass is 16.5. The van der Waals surface area contributed by atoms with Gasteiger partial charge in [0.25, 0.3) is 5.91 Å². The lowest BCUT2D eigenvalue weighted by molar-refractivity contribution is 0.0956. The highest BCUT2D eigenvalue weighted by Gasteiger charge is 2.10. The second-order valence-electron chi connectivity index (χ2n) is 5.65. The SMILES string of the molecule is COc1ccccc1/C=C/C=NNC(=O)c1cc(C)nc2ccccc12. The van der Waals surface area contributed by atoms with Gasteiger partial charge in [-0.3, -0.25) is 9.78 Å². The van der Waals surface area contributed by atoms with Crippen molar-refractivity contribution in [3.8, 4) is 5.75 Å². The van der Waals surface area contributed by atoms with Gasteiger partial charge in [-0.15, -0.1) is 0 Å². The normalized spacial score (nSPS) is 11.3. The van der Waals surface area contributed by atoms with Crippen LogP contribution in [0.4, 0.5) is 0 Å². The van der Waals surface area contributed by atoms with Gasteiger partial charge in [-0.2, -0.15) is 5.10 Å². The molecule has 2 aromatic carbocycles. The zero-order chi connectivity index (χ0) is 18.4. The van der Waals surface area contributed by atoms with E-state index in [9.17, 15) is 4.79 Å². The maximum atomic E-state index is 12.4. The number of pyridine rings is 1. The monoisotopic (exact) mass is 345 g/mol. The number of nitrogens with zero attached hydrogens (tertiary/aromatic N) is 2. The van der Waals surface area contributed by atoms with Crippen LogP contribution in [0.2, 0.25) is 0 Å². The minimum Gasteiger partial charge on any atom is -0.496 e. The zero-order valence-electron chi connectivity index (χ0n) is 14.6. The van der Waals surface area contributed by atoms with Crippen LogP contribution in [0.1, 0.15) is 21.6 Å². The van der Waals surface area contributed by atoms with Crippen LogP contribution in [0.15, 0.2) is 65.8 Å². The Morgan fingerprint density at radius 1 is 1.15 bits per heavy atom. The van der Waals surface area contributed by atoms with Gasteiger partial charge in [0.15, 0.2) is 0 Å². The number of para-hydroxylation sites is 2. The molecule has 3 aromatic rings. The molecule has 130 valence electrons. The van der Waals surface area contributed by atoms with Gasteiger partial charge >= 0.3 is 0 Å². The molecule has 0 aliphatic carbocycles. The number of amides is 1. The third kappa shape index (κ3) is 3.95. The van der Waals surface area contributed by atoms with Crippen molar-refractivity contribution in [1.29, 1.82) is 0 Å². The van der Waals surface area contributed by atoms with Gasteiger partial charge < -0.3 is 4.74 Å². The molecule has 0 radical (unpaired) electrons. The van der Waals surface area contributed by atoms with Gasteiger partial charge in [0, 0.05) is 22.9 Å². The van der Waals surface area contributed by atoms with Crippen molar-refractivity contribution in [1.82, 2.24) is 10.4 Å². The lowest BCUT2D eigenvalue weighted by Gasteiger charge is -2.06. The van der Waals surface area contributed by atoms with E-state index in [1.54, 1.807) is 19.3 Å². The highest BCUT2D eigenvalue weighted by molar-refractivity contribution is 6.06. The fourth-order valence-electron chi connectivity index (χ4n) is 2.65. The number of fused-ring (bicyclic) bond motifs is 1. The van der Waals surface area contributed by atoms with E-state index in [4.69, 9.17) is 4.74 Å². The Hall–Kier alpha value is -3.47. The topological polar surface area (TPSA) is 63.6 Å². The molecule has 3 rings (SSSR count). The molecule has 0 fully saturated rings. The first-order chi connectivity index (χ1) is 12.7. The van der Waals surface area contributed by atoms with Gasteiger partial charge in [0.2, 0.25) is 0 Å². The van der Waals surface area contributed by atoms with Crippen molar-refractivity contribution < 1.29 is 9.53 Å². The molecule has 1 aromatic heterocycles. The van der Waals surface area contributed by atoms with Gasteiger partial charge in [-0.25, -0.2) is 5.43 Å². The molecule has 0 saturated heterocycles. The molecule has 5 nitrogen and oxygen atoms in total. The number of nitrogens with one attached hydrogen (secondary N) is 1. The summed E-state index contributed by atoms with van der Waals surface area (Å²) in [4.78, 5) is 16.9. The molecule has 1 heterocycles. The van der Waals surface area contributed by atoms with Gasteiger partial charge in [-0.05, 0) is 37.3 Å². The summed E-state index contributed by atoms with van der Waals surface area (Å²) in [5.74, 6) is 0.508. The molecule has 0 atom stereocenters. The summed E-state index contributed by atoms with van der Waals surface area (Å²) in [6.07, 6.45) is 5.13. The van der Waals surface area contributed by atoms with E-state index in [1.807, 2.05) is 61.5 Å². The molecule has 0 bridgehead atoms. The number of carbonyl (C=O) groups is 1. The van der Waals surface area contributed by atoms with Gasteiger partial charge in [-0.1, -0.05) is 36.4 Å². The molecule has 0 spiro atoms. The Balaban J connectivity index is 1.71. The summed E-state index contributed by atoms with van der Waals surface area (Å²) in [5.41, 5.74) is 5.62. The number of ether oxygens (including phenoxy) is 1. The number of rotatable bonds is 5. The van der Waals surface area contributed by atoms with E-state index in [1.165, 1.54) is 6.21 Å². The second-order valence-corrected chi connectivity index (χ2v) is 5.65. The van der Waals surface area contributed by atoms with Crippen LogP contribution < -0.4 is 10.2 Å². The molecule has 5 heteroatoms. The first kappa shape index (κ1) is 17.4. The van der Waals surface area contributed by atoms with Gasteiger partial charge in [0.05, 0.1) is 18.2 Å². The quantitative estimate of drug-likeness (QED) is 0.562. The predicted octanol–water partition coefficient (Wildman–Crippen LogP) is 3.98. The van der Waals surface area contributed by atoms with Crippen molar-refractivity contribution in [2.45, 2.75) is 6.92 Å². The molecular weight excluding hydrogens is 326 g/mol. The summed E-state index contributed by atoms with van der Waals surface area (Å²) in [6.45, 7) is 1.86. The van der Waals surface area contributed by atoms with E-state index in [2.05, 4.69) is 15.5 Å². The van der Waals surface area contributed by atoms with Crippen molar-refractivity contribution in [2.24, 2.45) is 5.10 Å². The largest absolute Gasteiger partial charge is 0.496 e. The average Bonchev–Trinajstić information content (AvgIpc) is 2.67. The third-order valence-corrected chi connectivity index (χ3v) is 3.83. The minimum atomic E-state index is -0.270. The number of aryl methyl sites for hydroxylation is 1. The molecule has 1 amide bonds. The lowest BCUT2D eigenvalue weighted by Crippen LogP contribution is -2.18. The maximum absolute atomic E-state index is 12.4. The second kappa shape index (κ2) is 8.07. The zero-order valence-corrected chi connectivity index (χ0v) is 14.6. The van der Waals surface area contributed by atoms with Crippen LogP contribution in [0, 0.1) is 6.92 Å². The summed E-state index contributed by atoms with van der Waals surface area (Å²) in [6, 6.07) is 17.0. The maximum Gasteiger partial charge on any atom is 0.272 e. The number of aromatic nitrogens is 1. The van der Waals surface area contributed by atoms with Crippen LogP contribution >= 0.6 is 0 Å². The Labute approximate surface area is 152 Å². The predicted molar refractivity (Wildman–Crippen MR) is 104 cm³/mol. The Kier molecular flexibility index (Phi) is 5.39. The van der Waals surface area contributed by atoms with Crippen molar-refractivity contribution >= 4 is 29.1 Å². The average molecular weight is 345 g/mol. The molecule has 0 aliphatic heterocycles. The first-order valence-electron chi connectivity index (χ1n) is 8.18. The number of hydrazone groups is 1. The van der Waals surface area contributed by atoms with Crippen LogP contribution in [0.25, 0.3) is 17.0 Å². The van der Waals surface area contributed by atoms with E-state index in [-0.39, 0.29) is 5.91 Å². The Bertz CT molecular complexity index is 993.